The van der Waals surface area contributed by atoms with Gasteiger partial charge in [0.2, 0.25) is 5.91 Å². The fraction of sp³-hybridized carbons (Fsp3) is 0.462. The summed E-state index contributed by atoms with van der Waals surface area (Å²) in [5.74, 6) is 1.05. The molecule has 1 saturated heterocycles. The fourth-order valence-electron chi connectivity index (χ4n) is 3.74. The predicted octanol–water partition coefficient (Wildman–Crippen LogP) is 4.44. The highest BCUT2D eigenvalue weighted by atomic mass is 16.5. The first kappa shape index (κ1) is 22.9. The third-order valence-corrected chi connectivity index (χ3v) is 5.80. The molecule has 0 saturated carbocycles. The molecule has 2 amide bonds. The Morgan fingerprint density at radius 3 is 2.13 bits per heavy atom. The number of hydrogen-bond acceptors (Lipinski definition) is 3. The number of carbonyl (C=O) groups excluding carboxylic acids is 2. The SMILES string of the molecule is Cc1ccccc1OCCCC(=O)N1CCN(C(=O)c2ccc(C(C)(C)C)cc2)CC1. The second kappa shape index (κ2) is 9.99. The molecule has 0 bridgehead atoms. The molecule has 2 aromatic carbocycles. The number of amides is 2. The largest absolute Gasteiger partial charge is 0.493 e. The summed E-state index contributed by atoms with van der Waals surface area (Å²) < 4.78 is 5.78. The average molecular weight is 423 g/mol. The van der Waals surface area contributed by atoms with Crippen LogP contribution >= 0.6 is 0 Å². The first-order valence-electron chi connectivity index (χ1n) is 11.1. The predicted molar refractivity (Wildman–Crippen MR) is 124 cm³/mol. The quantitative estimate of drug-likeness (QED) is 0.647. The molecule has 0 aromatic heterocycles. The van der Waals surface area contributed by atoms with Gasteiger partial charge in [-0.2, -0.15) is 0 Å². The van der Waals surface area contributed by atoms with Crippen LogP contribution in [0.1, 0.15) is 55.1 Å². The van der Waals surface area contributed by atoms with E-state index in [0.29, 0.717) is 51.2 Å². The Balaban J connectivity index is 1.42. The number of ether oxygens (including phenoxy) is 1. The molecule has 0 aliphatic carbocycles. The van der Waals surface area contributed by atoms with Crippen LogP contribution in [0.15, 0.2) is 48.5 Å². The first-order chi connectivity index (χ1) is 14.8. The molecule has 0 spiro atoms. The maximum Gasteiger partial charge on any atom is 0.253 e. The van der Waals surface area contributed by atoms with Crippen molar-refractivity contribution in [1.29, 1.82) is 0 Å². The van der Waals surface area contributed by atoms with Crippen molar-refractivity contribution in [3.8, 4) is 5.75 Å². The van der Waals surface area contributed by atoms with Gasteiger partial charge >= 0.3 is 0 Å². The van der Waals surface area contributed by atoms with Gasteiger partial charge in [0, 0.05) is 38.2 Å². The highest BCUT2D eigenvalue weighted by Crippen LogP contribution is 2.23. The van der Waals surface area contributed by atoms with Crippen LogP contribution in [-0.2, 0) is 10.2 Å². The molecule has 166 valence electrons. The zero-order valence-electron chi connectivity index (χ0n) is 19.2. The van der Waals surface area contributed by atoms with Crippen LogP contribution < -0.4 is 4.74 Å². The lowest BCUT2D eigenvalue weighted by atomic mass is 9.86. The van der Waals surface area contributed by atoms with Crippen LogP contribution in [0, 0.1) is 6.92 Å². The van der Waals surface area contributed by atoms with Crippen LogP contribution in [0.2, 0.25) is 0 Å². The standard InChI is InChI=1S/C26H34N2O3/c1-20-8-5-6-9-23(20)31-19-7-10-24(29)27-15-17-28(18-16-27)25(30)21-11-13-22(14-12-21)26(2,3)4/h5-6,8-9,11-14H,7,10,15-19H2,1-4H3. The summed E-state index contributed by atoms with van der Waals surface area (Å²) in [7, 11) is 0. The summed E-state index contributed by atoms with van der Waals surface area (Å²) in [5.41, 5.74) is 3.09. The van der Waals surface area contributed by atoms with E-state index in [0.717, 1.165) is 11.3 Å². The molecule has 1 aliphatic rings. The Bertz CT molecular complexity index is 892. The third-order valence-electron chi connectivity index (χ3n) is 5.80. The molecular weight excluding hydrogens is 388 g/mol. The van der Waals surface area contributed by atoms with Gasteiger partial charge in [-0.15, -0.1) is 0 Å². The summed E-state index contributed by atoms with van der Waals surface area (Å²) in [6, 6.07) is 15.8. The van der Waals surface area contributed by atoms with Crippen LogP contribution in [0.5, 0.6) is 5.75 Å². The minimum atomic E-state index is 0.0409. The Hall–Kier alpha value is -2.82. The van der Waals surface area contributed by atoms with E-state index < -0.39 is 0 Å². The van der Waals surface area contributed by atoms with Crippen molar-refractivity contribution in [2.75, 3.05) is 32.8 Å². The Morgan fingerprint density at radius 2 is 1.52 bits per heavy atom. The van der Waals surface area contributed by atoms with E-state index in [4.69, 9.17) is 4.74 Å². The number of nitrogens with zero attached hydrogens (tertiary/aromatic N) is 2. The molecule has 1 heterocycles. The molecule has 5 heteroatoms. The molecule has 2 aromatic rings. The number of piperazine rings is 1. The third kappa shape index (κ3) is 6.09. The van der Waals surface area contributed by atoms with E-state index in [1.165, 1.54) is 5.56 Å². The van der Waals surface area contributed by atoms with Gasteiger partial charge in [-0.25, -0.2) is 0 Å². The molecule has 5 nitrogen and oxygen atoms in total. The highest BCUT2D eigenvalue weighted by Gasteiger charge is 2.25. The molecule has 0 atom stereocenters. The first-order valence-corrected chi connectivity index (χ1v) is 11.1. The minimum absolute atomic E-state index is 0.0409. The van der Waals surface area contributed by atoms with Gasteiger partial charge in [0.05, 0.1) is 6.61 Å². The summed E-state index contributed by atoms with van der Waals surface area (Å²) in [5, 5.41) is 0. The fourth-order valence-corrected chi connectivity index (χ4v) is 3.74. The summed E-state index contributed by atoms with van der Waals surface area (Å²) in [6.45, 7) is 11.3. The van der Waals surface area contributed by atoms with E-state index in [-0.39, 0.29) is 17.2 Å². The van der Waals surface area contributed by atoms with E-state index >= 15 is 0 Å². The molecule has 0 unspecified atom stereocenters. The van der Waals surface area contributed by atoms with Gasteiger partial charge in [0.25, 0.3) is 5.91 Å². The van der Waals surface area contributed by atoms with Crippen LogP contribution in [0.25, 0.3) is 0 Å². The monoisotopic (exact) mass is 422 g/mol. The van der Waals surface area contributed by atoms with Gasteiger partial charge < -0.3 is 14.5 Å². The van der Waals surface area contributed by atoms with E-state index in [1.807, 2.05) is 65.3 Å². The molecule has 3 rings (SSSR count). The lowest BCUT2D eigenvalue weighted by molar-refractivity contribution is -0.132. The Labute approximate surface area is 186 Å². The van der Waals surface area contributed by atoms with Gasteiger partial charge in [0.15, 0.2) is 0 Å². The second-order valence-corrected chi connectivity index (χ2v) is 9.22. The van der Waals surface area contributed by atoms with E-state index in [9.17, 15) is 9.59 Å². The minimum Gasteiger partial charge on any atom is -0.493 e. The van der Waals surface area contributed by atoms with Crippen molar-refractivity contribution in [1.82, 2.24) is 9.80 Å². The number of aryl methyl sites for hydroxylation is 1. The van der Waals surface area contributed by atoms with Crippen molar-refractivity contribution >= 4 is 11.8 Å². The number of hydrogen-bond donors (Lipinski definition) is 0. The average Bonchev–Trinajstić information content (AvgIpc) is 2.77. The number of benzene rings is 2. The van der Waals surface area contributed by atoms with Crippen molar-refractivity contribution in [3.63, 3.8) is 0 Å². The highest BCUT2D eigenvalue weighted by molar-refractivity contribution is 5.94. The lowest BCUT2D eigenvalue weighted by Crippen LogP contribution is -2.50. The second-order valence-electron chi connectivity index (χ2n) is 9.22. The topological polar surface area (TPSA) is 49.9 Å². The zero-order chi connectivity index (χ0) is 22.4. The number of carbonyl (C=O) groups is 2. The number of para-hydroxylation sites is 1. The molecule has 1 fully saturated rings. The van der Waals surface area contributed by atoms with Gasteiger partial charge in [-0.05, 0) is 48.1 Å². The Morgan fingerprint density at radius 1 is 0.903 bits per heavy atom. The zero-order valence-corrected chi connectivity index (χ0v) is 19.2. The maximum atomic E-state index is 12.8. The van der Waals surface area contributed by atoms with Gasteiger partial charge in [-0.1, -0.05) is 51.1 Å². The summed E-state index contributed by atoms with van der Waals surface area (Å²) >= 11 is 0. The molecule has 31 heavy (non-hydrogen) atoms. The normalized spacial score (nSPS) is 14.5. The molecular formula is C26H34N2O3. The number of rotatable bonds is 6. The Kier molecular flexibility index (Phi) is 7.37. The van der Waals surface area contributed by atoms with Crippen LogP contribution in [-0.4, -0.2) is 54.4 Å². The molecule has 0 radical (unpaired) electrons. The maximum absolute atomic E-state index is 12.8. The smallest absolute Gasteiger partial charge is 0.253 e. The summed E-state index contributed by atoms with van der Waals surface area (Å²) in [6.07, 6.45) is 1.15. The van der Waals surface area contributed by atoms with Gasteiger partial charge in [0.1, 0.15) is 5.75 Å². The van der Waals surface area contributed by atoms with Crippen molar-refractivity contribution in [3.05, 3.63) is 65.2 Å². The summed E-state index contributed by atoms with van der Waals surface area (Å²) in [4.78, 5) is 29.0. The van der Waals surface area contributed by atoms with Crippen molar-refractivity contribution < 1.29 is 14.3 Å². The van der Waals surface area contributed by atoms with Crippen LogP contribution in [0.3, 0.4) is 0 Å². The molecule has 0 N–H and O–H groups in total. The van der Waals surface area contributed by atoms with Crippen LogP contribution in [0.4, 0.5) is 0 Å². The van der Waals surface area contributed by atoms with Gasteiger partial charge in [-0.3, -0.25) is 9.59 Å². The lowest BCUT2D eigenvalue weighted by Gasteiger charge is -2.35. The van der Waals surface area contributed by atoms with E-state index in [1.54, 1.807) is 0 Å². The van der Waals surface area contributed by atoms with Crippen molar-refractivity contribution in [2.24, 2.45) is 0 Å². The van der Waals surface area contributed by atoms with E-state index in [2.05, 4.69) is 20.8 Å². The van der Waals surface area contributed by atoms with Crippen molar-refractivity contribution in [2.45, 2.75) is 46.0 Å². The molecule has 1 aliphatic heterocycles.